The molecule has 4 rings (SSSR count). The van der Waals surface area contributed by atoms with Crippen molar-refractivity contribution in [2.75, 3.05) is 49.5 Å². The average molecular weight is 503 g/mol. The van der Waals surface area contributed by atoms with Gasteiger partial charge in [-0.3, -0.25) is 20.4 Å². The number of halogens is 2. The molecule has 1 unspecified atom stereocenters. The molecule has 4 heterocycles. The van der Waals surface area contributed by atoms with Crippen LogP contribution in [-0.2, 0) is 14.8 Å². The van der Waals surface area contributed by atoms with Gasteiger partial charge in [0.15, 0.2) is 5.82 Å². The van der Waals surface area contributed by atoms with Gasteiger partial charge in [0, 0.05) is 39.3 Å². The first kappa shape index (κ1) is 25.1. The molecule has 1 aromatic heterocycles. The second-order valence-corrected chi connectivity index (χ2v) is 11.2. The third kappa shape index (κ3) is 5.16. The highest BCUT2D eigenvalue weighted by Crippen LogP contribution is 2.33. The Bertz CT molecular complexity index is 978. The van der Waals surface area contributed by atoms with Crippen LogP contribution >= 0.6 is 0 Å². The van der Waals surface area contributed by atoms with Gasteiger partial charge in [-0.05, 0) is 19.3 Å². The number of nitrogens with two attached hydrogens (primary N) is 2. The predicted molar refractivity (Wildman–Crippen MR) is 124 cm³/mol. The zero-order chi connectivity index (χ0) is 24.5. The molecule has 1 aromatic rings. The smallest absolute Gasteiger partial charge is 0.233 e. The summed E-state index contributed by atoms with van der Waals surface area (Å²) in [5.74, 6) is -2.16. The molecule has 1 amide bonds. The average Bonchev–Trinajstić information content (AvgIpc) is 2.74. The number of amides is 1. The molecular formula is C20H32F2N8O3S. The number of piperidine rings is 1. The molecule has 3 saturated heterocycles. The lowest BCUT2D eigenvalue weighted by molar-refractivity contribution is -0.122. The van der Waals surface area contributed by atoms with Gasteiger partial charge in [0.25, 0.3) is 0 Å². The first-order valence-corrected chi connectivity index (χ1v) is 13.0. The summed E-state index contributed by atoms with van der Waals surface area (Å²) in [5, 5.41) is 7.92. The van der Waals surface area contributed by atoms with Crippen molar-refractivity contribution in [1.82, 2.24) is 19.9 Å². The normalized spacial score (nSPS) is 25.7. The summed E-state index contributed by atoms with van der Waals surface area (Å²) < 4.78 is 55.2. The van der Waals surface area contributed by atoms with Gasteiger partial charge in [0.1, 0.15) is 11.9 Å². The van der Waals surface area contributed by atoms with E-state index in [1.54, 1.807) is 4.90 Å². The van der Waals surface area contributed by atoms with E-state index in [4.69, 9.17) is 11.5 Å². The number of anilines is 2. The fourth-order valence-electron chi connectivity index (χ4n) is 4.64. The van der Waals surface area contributed by atoms with Crippen LogP contribution < -0.4 is 32.3 Å². The van der Waals surface area contributed by atoms with Gasteiger partial charge in [-0.15, -0.1) is 0 Å². The molecular weight excluding hydrogens is 470 g/mol. The van der Waals surface area contributed by atoms with Crippen molar-refractivity contribution in [3.63, 3.8) is 0 Å². The molecule has 11 nitrogen and oxygen atoms in total. The Morgan fingerprint density at radius 1 is 1.15 bits per heavy atom. The maximum atomic E-state index is 14.9. The molecule has 1 atom stereocenters. The van der Waals surface area contributed by atoms with E-state index in [-0.39, 0.29) is 24.5 Å². The maximum Gasteiger partial charge on any atom is 0.233 e. The van der Waals surface area contributed by atoms with Crippen LogP contribution in [0.5, 0.6) is 0 Å². The van der Waals surface area contributed by atoms with Crippen molar-refractivity contribution in [1.29, 1.82) is 0 Å². The highest BCUT2D eigenvalue weighted by atomic mass is 32.2. The first-order valence-electron chi connectivity index (χ1n) is 11.5. The standard InChI is InChI=1S/C20H32F2N8O3S/c21-12-8-26-19(27-9-12)16(18(23)24)20(31)28-15-11-25-10-14(22)17(15)29-6-2-13(3-7-29)34(32,33)30-4-1-5-30/h10-13,16,18-19,26-27H,1-9,23-24H2,(H,28,31). The Labute approximate surface area is 197 Å². The molecule has 0 spiro atoms. The molecule has 14 heteroatoms. The van der Waals surface area contributed by atoms with Gasteiger partial charge in [-0.25, -0.2) is 21.5 Å². The summed E-state index contributed by atoms with van der Waals surface area (Å²) in [6.07, 6.45) is 1.14. The van der Waals surface area contributed by atoms with Crippen LogP contribution in [0.15, 0.2) is 12.4 Å². The van der Waals surface area contributed by atoms with E-state index >= 15 is 0 Å². The molecule has 0 aliphatic carbocycles. The molecule has 0 radical (unpaired) electrons. The van der Waals surface area contributed by atoms with Crippen molar-refractivity contribution in [3.05, 3.63) is 18.2 Å². The van der Waals surface area contributed by atoms with Crippen LogP contribution in [0, 0.1) is 11.7 Å². The third-order valence-electron chi connectivity index (χ3n) is 6.68. The largest absolute Gasteiger partial charge is 0.367 e. The van der Waals surface area contributed by atoms with Crippen molar-refractivity contribution < 1.29 is 22.0 Å². The molecule has 0 saturated carbocycles. The molecule has 34 heavy (non-hydrogen) atoms. The monoisotopic (exact) mass is 502 g/mol. The summed E-state index contributed by atoms with van der Waals surface area (Å²) in [7, 11) is -3.34. The predicted octanol–water partition coefficient (Wildman–Crippen LogP) is -1.12. The van der Waals surface area contributed by atoms with Crippen molar-refractivity contribution in [2.45, 2.75) is 43.0 Å². The van der Waals surface area contributed by atoms with E-state index in [0.717, 1.165) is 12.6 Å². The van der Waals surface area contributed by atoms with Gasteiger partial charge >= 0.3 is 0 Å². The Balaban J connectivity index is 1.47. The van der Waals surface area contributed by atoms with Crippen LogP contribution in [0.25, 0.3) is 0 Å². The number of aromatic nitrogens is 1. The number of nitrogens with one attached hydrogen (secondary N) is 3. The zero-order valence-electron chi connectivity index (χ0n) is 18.8. The molecule has 0 bridgehead atoms. The van der Waals surface area contributed by atoms with Gasteiger partial charge in [-0.2, -0.15) is 0 Å². The van der Waals surface area contributed by atoms with Crippen molar-refractivity contribution in [3.8, 4) is 0 Å². The van der Waals surface area contributed by atoms with E-state index in [9.17, 15) is 22.0 Å². The Morgan fingerprint density at radius 2 is 1.79 bits per heavy atom. The second kappa shape index (κ2) is 10.3. The lowest BCUT2D eigenvalue weighted by Crippen LogP contribution is -2.64. The first-order chi connectivity index (χ1) is 16.2. The minimum Gasteiger partial charge on any atom is -0.367 e. The molecule has 190 valence electrons. The summed E-state index contributed by atoms with van der Waals surface area (Å²) in [6.45, 7) is 1.83. The van der Waals surface area contributed by atoms with Gasteiger partial charge in [0.2, 0.25) is 15.9 Å². The highest BCUT2D eigenvalue weighted by molar-refractivity contribution is 7.89. The van der Waals surface area contributed by atoms with Crippen molar-refractivity contribution in [2.24, 2.45) is 17.4 Å². The van der Waals surface area contributed by atoms with Crippen LogP contribution in [0.1, 0.15) is 19.3 Å². The van der Waals surface area contributed by atoms with Crippen LogP contribution in [0.4, 0.5) is 20.2 Å². The van der Waals surface area contributed by atoms with E-state index in [1.165, 1.54) is 10.5 Å². The van der Waals surface area contributed by atoms with Crippen LogP contribution in [-0.4, -0.2) is 86.6 Å². The van der Waals surface area contributed by atoms with Gasteiger partial charge in [0.05, 0.1) is 41.6 Å². The molecule has 0 aromatic carbocycles. The lowest BCUT2D eigenvalue weighted by atomic mass is 9.99. The summed E-state index contributed by atoms with van der Waals surface area (Å²) in [6, 6.07) is 0. The SMILES string of the molecule is NC(N)C(C(=O)Nc1cncc(F)c1N1CCC(S(=O)(=O)N2CCC2)CC1)C1NCC(F)CN1. The number of rotatable bonds is 7. The summed E-state index contributed by atoms with van der Waals surface area (Å²) in [4.78, 5) is 18.7. The van der Waals surface area contributed by atoms with Crippen LogP contribution in [0.2, 0.25) is 0 Å². The minimum atomic E-state index is -3.34. The number of alkyl halides is 1. The van der Waals surface area contributed by atoms with E-state index in [2.05, 4.69) is 20.9 Å². The molecule has 3 fully saturated rings. The van der Waals surface area contributed by atoms with Crippen LogP contribution in [0.3, 0.4) is 0 Å². The number of pyridine rings is 1. The quantitative estimate of drug-likeness (QED) is 0.291. The number of hydrogen-bond acceptors (Lipinski definition) is 9. The Hall–Kier alpha value is -1.97. The number of carbonyl (C=O) groups excluding carboxylic acids is 1. The highest BCUT2D eigenvalue weighted by Gasteiger charge is 2.39. The summed E-state index contributed by atoms with van der Waals surface area (Å²) in [5.41, 5.74) is 12.0. The van der Waals surface area contributed by atoms with E-state index < -0.39 is 51.4 Å². The van der Waals surface area contributed by atoms with E-state index in [0.29, 0.717) is 39.0 Å². The fourth-order valence-corrected chi connectivity index (χ4v) is 6.64. The van der Waals surface area contributed by atoms with Gasteiger partial charge in [-0.1, -0.05) is 0 Å². The Morgan fingerprint density at radius 3 is 2.35 bits per heavy atom. The van der Waals surface area contributed by atoms with Crippen molar-refractivity contribution >= 4 is 27.3 Å². The lowest BCUT2D eigenvalue weighted by Gasteiger charge is -2.39. The topological polar surface area (TPSA) is 159 Å². The minimum absolute atomic E-state index is 0.0518. The number of carbonyl (C=O) groups is 1. The number of nitrogens with zero attached hydrogens (tertiary/aromatic N) is 3. The second-order valence-electron chi connectivity index (χ2n) is 8.99. The Kier molecular flexibility index (Phi) is 7.64. The fraction of sp³-hybridized carbons (Fsp3) is 0.700. The zero-order valence-corrected chi connectivity index (χ0v) is 19.6. The molecule has 3 aliphatic heterocycles. The molecule has 3 aliphatic rings. The van der Waals surface area contributed by atoms with Gasteiger partial charge < -0.3 is 21.7 Å². The third-order valence-corrected chi connectivity index (χ3v) is 9.08. The molecule has 7 N–H and O–H groups in total. The summed E-state index contributed by atoms with van der Waals surface area (Å²) >= 11 is 0. The van der Waals surface area contributed by atoms with E-state index in [1.807, 2.05) is 0 Å². The maximum absolute atomic E-state index is 14.9. The number of sulfonamides is 1. The number of hydrogen-bond donors (Lipinski definition) is 5.